The summed E-state index contributed by atoms with van der Waals surface area (Å²) in [7, 11) is 2.18. The van der Waals surface area contributed by atoms with E-state index < -0.39 is 0 Å². The molecule has 0 aliphatic carbocycles. The summed E-state index contributed by atoms with van der Waals surface area (Å²) in [5.41, 5.74) is 6.01. The van der Waals surface area contributed by atoms with Crippen molar-refractivity contribution < 1.29 is 0 Å². The fraction of sp³-hybridized carbons (Fsp3) is 0.909. The molecule has 0 aromatic heterocycles. The molecule has 2 fully saturated rings. The minimum atomic E-state index is 0.711. The lowest BCUT2D eigenvalue weighted by Gasteiger charge is -2.27. The van der Waals surface area contributed by atoms with Gasteiger partial charge in [0.25, 0.3) is 0 Å². The van der Waals surface area contributed by atoms with E-state index in [-0.39, 0.29) is 0 Å². The van der Waals surface area contributed by atoms with E-state index in [1.807, 2.05) is 11.8 Å². The van der Waals surface area contributed by atoms with Gasteiger partial charge in [-0.25, -0.2) is 0 Å². The van der Waals surface area contributed by atoms with E-state index in [4.69, 9.17) is 5.73 Å². The fourth-order valence-corrected chi connectivity index (χ4v) is 3.19. The quantitative estimate of drug-likeness (QED) is 0.559. The molecule has 1 unspecified atom stereocenters. The van der Waals surface area contributed by atoms with Gasteiger partial charge in [-0.05, 0) is 25.9 Å². The summed E-state index contributed by atoms with van der Waals surface area (Å²) in [4.78, 5) is 9.14. The van der Waals surface area contributed by atoms with Crippen molar-refractivity contribution in [2.75, 3.05) is 51.3 Å². The van der Waals surface area contributed by atoms with Crippen molar-refractivity contribution in [2.45, 2.75) is 6.42 Å². The number of guanidine groups is 1. The Kier molecular flexibility index (Phi) is 4.35. The molecule has 5 heteroatoms. The molecule has 0 saturated carbocycles. The van der Waals surface area contributed by atoms with Crippen LogP contribution in [0.2, 0.25) is 0 Å². The van der Waals surface area contributed by atoms with Crippen LogP contribution >= 0.6 is 11.8 Å². The zero-order valence-corrected chi connectivity index (χ0v) is 10.9. The number of rotatable bonds is 2. The maximum absolute atomic E-state index is 6.01. The standard InChI is InChI=1S/C11H22N4S/c1-14-3-2-10(9-14)8-13-11(12)15-4-6-16-7-5-15/h10H,2-9H2,1H3,(H2,12,13). The van der Waals surface area contributed by atoms with Crippen molar-refractivity contribution in [2.24, 2.45) is 16.6 Å². The predicted octanol–water partition coefficient (Wildman–Crippen LogP) is 0.302. The maximum atomic E-state index is 6.01. The molecule has 2 aliphatic heterocycles. The van der Waals surface area contributed by atoms with Gasteiger partial charge in [0.2, 0.25) is 0 Å². The van der Waals surface area contributed by atoms with Gasteiger partial charge < -0.3 is 15.5 Å². The second kappa shape index (κ2) is 5.77. The minimum absolute atomic E-state index is 0.711. The molecular formula is C11H22N4S. The van der Waals surface area contributed by atoms with Crippen LogP contribution in [0.4, 0.5) is 0 Å². The van der Waals surface area contributed by atoms with Crippen LogP contribution in [0, 0.1) is 5.92 Å². The molecule has 4 nitrogen and oxygen atoms in total. The van der Waals surface area contributed by atoms with Gasteiger partial charge in [0, 0.05) is 37.7 Å². The number of hydrogen-bond acceptors (Lipinski definition) is 3. The van der Waals surface area contributed by atoms with E-state index in [9.17, 15) is 0 Å². The summed E-state index contributed by atoms with van der Waals surface area (Å²) in [6.45, 7) is 5.40. The van der Waals surface area contributed by atoms with Crippen LogP contribution in [0.25, 0.3) is 0 Å². The van der Waals surface area contributed by atoms with Crippen LogP contribution in [-0.4, -0.2) is 67.0 Å². The van der Waals surface area contributed by atoms with Crippen LogP contribution in [0.3, 0.4) is 0 Å². The molecule has 0 spiro atoms. The van der Waals surface area contributed by atoms with Gasteiger partial charge >= 0.3 is 0 Å². The van der Waals surface area contributed by atoms with Gasteiger partial charge in [-0.3, -0.25) is 4.99 Å². The SMILES string of the molecule is CN1CCC(CN=C(N)N2CCSCC2)C1. The monoisotopic (exact) mass is 242 g/mol. The zero-order chi connectivity index (χ0) is 11.4. The average molecular weight is 242 g/mol. The molecule has 0 aromatic carbocycles. The Morgan fingerprint density at radius 3 is 2.75 bits per heavy atom. The van der Waals surface area contributed by atoms with Gasteiger partial charge in [-0.2, -0.15) is 11.8 Å². The molecule has 2 N–H and O–H groups in total. The number of nitrogens with two attached hydrogens (primary N) is 1. The minimum Gasteiger partial charge on any atom is -0.370 e. The van der Waals surface area contributed by atoms with Crippen molar-refractivity contribution in [1.82, 2.24) is 9.80 Å². The number of aliphatic imine (C=N–C) groups is 1. The Morgan fingerprint density at radius 1 is 1.38 bits per heavy atom. The molecule has 2 heterocycles. The summed E-state index contributed by atoms with van der Waals surface area (Å²) in [6.07, 6.45) is 1.27. The lowest BCUT2D eigenvalue weighted by molar-refractivity contribution is 0.396. The zero-order valence-electron chi connectivity index (χ0n) is 10.1. The van der Waals surface area contributed by atoms with E-state index in [1.165, 1.54) is 31.0 Å². The second-order valence-corrected chi connectivity index (χ2v) is 5.94. The van der Waals surface area contributed by atoms with Gasteiger partial charge in [-0.1, -0.05) is 0 Å². The first-order valence-corrected chi connectivity index (χ1v) is 7.22. The highest BCUT2D eigenvalue weighted by Crippen LogP contribution is 2.14. The van der Waals surface area contributed by atoms with Crippen molar-refractivity contribution in [3.63, 3.8) is 0 Å². The molecule has 0 bridgehead atoms. The second-order valence-electron chi connectivity index (χ2n) is 4.72. The largest absolute Gasteiger partial charge is 0.370 e. The Labute approximate surface area is 102 Å². The van der Waals surface area contributed by atoms with Crippen molar-refractivity contribution in [3.8, 4) is 0 Å². The van der Waals surface area contributed by atoms with E-state index >= 15 is 0 Å². The molecule has 2 aliphatic rings. The van der Waals surface area contributed by atoms with Crippen LogP contribution in [0.5, 0.6) is 0 Å². The molecule has 92 valence electrons. The van der Waals surface area contributed by atoms with Gasteiger partial charge in [0.15, 0.2) is 5.96 Å². The Balaban J connectivity index is 1.77. The predicted molar refractivity (Wildman–Crippen MR) is 71.0 cm³/mol. The van der Waals surface area contributed by atoms with Crippen molar-refractivity contribution >= 4 is 17.7 Å². The average Bonchev–Trinajstić information content (AvgIpc) is 2.73. The topological polar surface area (TPSA) is 44.9 Å². The smallest absolute Gasteiger partial charge is 0.191 e. The number of thioether (sulfide) groups is 1. The summed E-state index contributed by atoms with van der Waals surface area (Å²) < 4.78 is 0. The van der Waals surface area contributed by atoms with Crippen LogP contribution in [-0.2, 0) is 0 Å². The Bertz CT molecular complexity index is 250. The molecule has 16 heavy (non-hydrogen) atoms. The van der Waals surface area contributed by atoms with Crippen molar-refractivity contribution in [3.05, 3.63) is 0 Å². The maximum Gasteiger partial charge on any atom is 0.191 e. The van der Waals surface area contributed by atoms with E-state index in [2.05, 4.69) is 21.8 Å². The van der Waals surface area contributed by atoms with Crippen LogP contribution in [0.1, 0.15) is 6.42 Å². The molecule has 0 amide bonds. The fourth-order valence-electron chi connectivity index (χ4n) is 2.29. The summed E-state index contributed by atoms with van der Waals surface area (Å²) in [6, 6.07) is 0. The third kappa shape index (κ3) is 3.28. The normalized spacial score (nSPS) is 28.7. The van der Waals surface area contributed by atoms with E-state index in [0.717, 1.165) is 25.6 Å². The summed E-state index contributed by atoms with van der Waals surface area (Å²) in [5, 5.41) is 0. The first kappa shape index (κ1) is 12.0. The highest BCUT2D eigenvalue weighted by molar-refractivity contribution is 7.99. The van der Waals surface area contributed by atoms with Crippen LogP contribution in [0.15, 0.2) is 4.99 Å². The van der Waals surface area contributed by atoms with E-state index in [1.54, 1.807) is 0 Å². The molecule has 1 atom stereocenters. The molecular weight excluding hydrogens is 220 g/mol. The summed E-state index contributed by atoms with van der Waals surface area (Å²) in [5.74, 6) is 3.84. The highest BCUT2D eigenvalue weighted by atomic mass is 32.2. The van der Waals surface area contributed by atoms with Gasteiger partial charge in [-0.15, -0.1) is 0 Å². The van der Waals surface area contributed by atoms with Crippen LogP contribution < -0.4 is 5.73 Å². The lowest BCUT2D eigenvalue weighted by Crippen LogP contribution is -2.42. The Morgan fingerprint density at radius 2 is 2.12 bits per heavy atom. The molecule has 2 saturated heterocycles. The molecule has 0 radical (unpaired) electrons. The van der Waals surface area contributed by atoms with Gasteiger partial charge in [0.05, 0.1) is 0 Å². The number of hydrogen-bond donors (Lipinski definition) is 1. The third-order valence-electron chi connectivity index (χ3n) is 3.34. The van der Waals surface area contributed by atoms with E-state index in [0.29, 0.717) is 5.92 Å². The molecule has 2 rings (SSSR count). The van der Waals surface area contributed by atoms with Gasteiger partial charge in [0.1, 0.15) is 0 Å². The van der Waals surface area contributed by atoms with Crippen molar-refractivity contribution in [1.29, 1.82) is 0 Å². The Hall–Kier alpha value is -0.420. The lowest BCUT2D eigenvalue weighted by atomic mass is 10.1. The first-order chi connectivity index (χ1) is 7.75. The highest BCUT2D eigenvalue weighted by Gasteiger charge is 2.19. The third-order valence-corrected chi connectivity index (χ3v) is 4.28. The summed E-state index contributed by atoms with van der Waals surface area (Å²) >= 11 is 2.00. The molecule has 0 aromatic rings. The number of nitrogens with zero attached hydrogens (tertiary/aromatic N) is 3. The number of likely N-dealkylation sites (tertiary alicyclic amines) is 1. The first-order valence-electron chi connectivity index (χ1n) is 6.07.